The Labute approximate surface area is 138 Å². The largest absolute Gasteiger partial charge is 0.475 e. The van der Waals surface area contributed by atoms with E-state index in [4.69, 9.17) is 35.7 Å². The molecule has 0 unspecified atom stereocenters. The molecule has 0 aliphatic rings. The SMILES string of the molecule is O=C(O)NCCOCCOCCOCCOc1cc(Cl)ncn1. The molecule has 130 valence electrons. The number of carbonyl (C=O) groups is 1. The Morgan fingerprint density at radius 3 is 2.26 bits per heavy atom. The quantitative estimate of drug-likeness (QED) is 0.398. The van der Waals surface area contributed by atoms with Gasteiger partial charge in [0, 0.05) is 12.6 Å². The van der Waals surface area contributed by atoms with Gasteiger partial charge in [0.2, 0.25) is 5.88 Å². The molecular weight excluding hydrogens is 330 g/mol. The summed E-state index contributed by atoms with van der Waals surface area (Å²) in [6.07, 6.45) is 0.264. The third kappa shape index (κ3) is 11.5. The molecule has 0 aliphatic heterocycles. The molecule has 0 radical (unpaired) electrons. The minimum absolute atomic E-state index is 0.260. The van der Waals surface area contributed by atoms with Crippen molar-refractivity contribution in [2.75, 3.05) is 52.8 Å². The van der Waals surface area contributed by atoms with Crippen molar-refractivity contribution in [3.63, 3.8) is 0 Å². The van der Waals surface area contributed by atoms with Gasteiger partial charge in [-0.25, -0.2) is 14.8 Å². The highest BCUT2D eigenvalue weighted by atomic mass is 35.5. The number of halogens is 1. The lowest BCUT2D eigenvalue weighted by molar-refractivity contribution is 0.00968. The molecule has 1 heterocycles. The summed E-state index contributed by atoms with van der Waals surface area (Å²) in [5, 5.41) is 10.8. The van der Waals surface area contributed by atoms with Crippen LogP contribution in [0.5, 0.6) is 5.88 Å². The molecule has 0 aromatic carbocycles. The Balaban J connectivity index is 1.80. The Morgan fingerprint density at radius 2 is 1.65 bits per heavy atom. The van der Waals surface area contributed by atoms with Crippen LogP contribution in [0.2, 0.25) is 5.15 Å². The molecule has 0 atom stereocenters. The van der Waals surface area contributed by atoms with E-state index in [-0.39, 0.29) is 6.54 Å². The van der Waals surface area contributed by atoms with Gasteiger partial charge in [-0.3, -0.25) is 0 Å². The summed E-state index contributed by atoms with van der Waals surface area (Å²) in [5.41, 5.74) is 0. The molecule has 0 aliphatic carbocycles. The smallest absolute Gasteiger partial charge is 0.404 e. The predicted octanol–water partition coefficient (Wildman–Crippen LogP) is 0.826. The first-order chi connectivity index (χ1) is 11.2. The van der Waals surface area contributed by atoms with Crippen molar-refractivity contribution in [3.8, 4) is 5.88 Å². The second-order valence-corrected chi connectivity index (χ2v) is 4.48. The molecule has 1 rings (SSSR count). The van der Waals surface area contributed by atoms with E-state index in [0.29, 0.717) is 57.3 Å². The molecule has 2 N–H and O–H groups in total. The van der Waals surface area contributed by atoms with Gasteiger partial charge in [-0.05, 0) is 0 Å². The fourth-order valence-electron chi connectivity index (χ4n) is 1.37. The summed E-state index contributed by atoms with van der Waals surface area (Å²) in [5.74, 6) is 0.402. The topological polar surface area (TPSA) is 112 Å². The average molecular weight is 350 g/mol. The molecule has 1 aromatic heterocycles. The highest BCUT2D eigenvalue weighted by Gasteiger charge is 1.98. The van der Waals surface area contributed by atoms with Crippen molar-refractivity contribution in [2.45, 2.75) is 0 Å². The first-order valence-corrected chi connectivity index (χ1v) is 7.36. The summed E-state index contributed by atoms with van der Waals surface area (Å²) in [6, 6.07) is 1.52. The first kappa shape index (κ1) is 19.4. The van der Waals surface area contributed by atoms with Crippen molar-refractivity contribution < 1.29 is 28.8 Å². The Hall–Kier alpha value is -1.68. The highest BCUT2D eigenvalue weighted by Crippen LogP contribution is 2.10. The Morgan fingerprint density at radius 1 is 1.04 bits per heavy atom. The number of amides is 1. The molecule has 23 heavy (non-hydrogen) atoms. The number of carboxylic acid groups (broad SMARTS) is 1. The number of nitrogens with zero attached hydrogens (tertiary/aromatic N) is 2. The second-order valence-electron chi connectivity index (χ2n) is 4.10. The van der Waals surface area contributed by atoms with Gasteiger partial charge >= 0.3 is 6.09 Å². The van der Waals surface area contributed by atoms with Gasteiger partial charge in [0.1, 0.15) is 18.1 Å². The van der Waals surface area contributed by atoms with E-state index < -0.39 is 6.09 Å². The number of rotatable bonds is 13. The van der Waals surface area contributed by atoms with E-state index in [0.717, 1.165) is 0 Å². The average Bonchev–Trinajstić information content (AvgIpc) is 2.51. The van der Waals surface area contributed by atoms with Crippen molar-refractivity contribution in [1.82, 2.24) is 15.3 Å². The fraction of sp³-hybridized carbons (Fsp3) is 0.615. The molecule has 9 nitrogen and oxygen atoms in total. The summed E-state index contributed by atoms with van der Waals surface area (Å²) < 4.78 is 21.1. The zero-order chi connectivity index (χ0) is 16.8. The van der Waals surface area contributed by atoms with E-state index in [9.17, 15) is 4.79 Å². The van der Waals surface area contributed by atoms with Crippen LogP contribution in [0.3, 0.4) is 0 Å². The normalized spacial score (nSPS) is 10.5. The molecule has 1 amide bonds. The minimum Gasteiger partial charge on any atom is -0.475 e. The van der Waals surface area contributed by atoms with Gasteiger partial charge < -0.3 is 29.4 Å². The van der Waals surface area contributed by atoms with Gasteiger partial charge in [-0.2, -0.15) is 0 Å². The van der Waals surface area contributed by atoms with E-state index in [2.05, 4.69) is 15.3 Å². The molecule has 0 saturated heterocycles. The first-order valence-electron chi connectivity index (χ1n) is 6.99. The summed E-state index contributed by atoms with van der Waals surface area (Å²) >= 11 is 5.69. The van der Waals surface area contributed by atoms with Crippen molar-refractivity contribution in [1.29, 1.82) is 0 Å². The van der Waals surface area contributed by atoms with Gasteiger partial charge in [-0.1, -0.05) is 11.6 Å². The van der Waals surface area contributed by atoms with E-state index in [1.165, 1.54) is 12.4 Å². The van der Waals surface area contributed by atoms with Gasteiger partial charge in [0.05, 0.1) is 39.6 Å². The van der Waals surface area contributed by atoms with Gasteiger partial charge in [0.25, 0.3) is 0 Å². The van der Waals surface area contributed by atoms with Crippen molar-refractivity contribution >= 4 is 17.7 Å². The molecule has 10 heteroatoms. The molecule has 1 aromatic rings. The second kappa shape index (κ2) is 12.8. The number of aromatic nitrogens is 2. The lowest BCUT2D eigenvalue weighted by Gasteiger charge is -2.07. The predicted molar refractivity (Wildman–Crippen MR) is 81.0 cm³/mol. The summed E-state index contributed by atoms with van der Waals surface area (Å²) in [7, 11) is 0. The van der Waals surface area contributed by atoms with Crippen molar-refractivity contribution in [2.24, 2.45) is 0 Å². The number of hydrogen-bond acceptors (Lipinski definition) is 7. The van der Waals surface area contributed by atoms with Crippen LogP contribution in [-0.2, 0) is 14.2 Å². The molecule has 0 saturated carbocycles. The lowest BCUT2D eigenvalue weighted by atomic mass is 10.6. The zero-order valence-corrected chi connectivity index (χ0v) is 13.3. The monoisotopic (exact) mass is 349 g/mol. The number of hydrogen-bond donors (Lipinski definition) is 2. The zero-order valence-electron chi connectivity index (χ0n) is 12.6. The van der Waals surface area contributed by atoms with Crippen LogP contribution < -0.4 is 10.1 Å². The maximum Gasteiger partial charge on any atom is 0.404 e. The van der Waals surface area contributed by atoms with E-state index >= 15 is 0 Å². The Bertz CT molecular complexity index is 451. The van der Waals surface area contributed by atoms with Crippen LogP contribution in [0.4, 0.5) is 4.79 Å². The highest BCUT2D eigenvalue weighted by molar-refractivity contribution is 6.29. The van der Waals surface area contributed by atoms with Crippen LogP contribution in [0.1, 0.15) is 0 Å². The minimum atomic E-state index is -1.06. The summed E-state index contributed by atoms with van der Waals surface area (Å²) in [4.78, 5) is 17.8. The molecule has 0 fully saturated rings. The van der Waals surface area contributed by atoms with Crippen LogP contribution in [0, 0.1) is 0 Å². The van der Waals surface area contributed by atoms with Crippen LogP contribution >= 0.6 is 11.6 Å². The third-order valence-electron chi connectivity index (χ3n) is 2.35. The molecule has 0 bridgehead atoms. The summed E-state index contributed by atoms with van der Waals surface area (Å²) in [6.45, 7) is 3.04. The Kier molecular flexibility index (Phi) is 10.8. The van der Waals surface area contributed by atoms with E-state index in [1.54, 1.807) is 0 Å². The standard InChI is InChI=1S/C13H20ClN3O6/c14-11-9-12(17-10-16-11)23-8-7-22-6-5-21-4-3-20-2-1-15-13(18)19/h9-10,15H,1-8H2,(H,18,19). The van der Waals surface area contributed by atoms with Gasteiger partial charge in [0.15, 0.2) is 0 Å². The fourth-order valence-corrected chi connectivity index (χ4v) is 1.51. The third-order valence-corrected chi connectivity index (χ3v) is 2.56. The number of nitrogens with one attached hydrogen (secondary N) is 1. The van der Waals surface area contributed by atoms with Crippen LogP contribution in [-0.4, -0.2) is 74.0 Å². The van der Waals surface area contributed by atoms with Crippen LogP contribution in [0.25, 0.3) is 0 Å². The maximum atomic E-state index is 10.2. The van der Waals surface area contributed by atoms with Crippen molar-refractivity contribution in [3.05, 3.63) is 17.5 Å². The van der Waals surface area contributed by atoms with Gasteiger partial charge in [-0.15, -0.1) is 0 Å². The number of ether oxygens (including phenoxy) is 4. The maximum absolute atomic E-state index is 10.2. The van der Waals surface area contributed by atoms with Crippen LogP contribution in [0.15, 0.2) is 12.4 Å². The molecule has 0 spiro atoms. The van der Waals surface area contributed by atoms with E-state index in [1.807, 2.05) is 0 Å². The molecular formula is C13H20ClN3O6. The lowest BCUT2D eigenvalue weighted by Crippen LogP contribution is -2.25.